The van der Waals surface area contributed by atoms with Crippen molar-refractivity contribution in [3.05, 3.63) is 48.6 Å². The molecule has 1 heterocycles. The number of hydrogen-bond donors (Lipinski definition) is 6. The molecule has 0 aliphatic carbocycles. The van der Waals surface area contributed by atoms with E-state index in [1.165, 1.54) is 231 Å². The molecular formula is C70H129NO10. The monoisotopic (exact) mass is 1140 g/mol. The van der Waals surface area contributed by atoms with E-state index < -0.39 is 49.5 Å². The number of amides is 1. The zero-order valence-corrected chi connectivity index (χ0v) is 52.5. The van der Waals surface area contributed by atoms with Crippen LogP contribution in [0.3, 0.4) is 0 Å². The van der Waals surface area contributed by atoms with Crippen LogP contribution in [0.15, 0.2) is 48.6 Å². The first-order valence-electron chi connectivity index (χ1n) is 34.4. The summed E-state index contributed by atoms with van der Waals surface area (Å²) in [7, 11) is 0. The van der Waals surface area contributed by atoms with Crippen LogP contribution in [0.1, 0.15) is 322 Å². The smallest absolute Gasteiger partial charge is 0.305 e. The van der Waals surface area contributed by atoms with Gasteiger partial charge in [-0.3, -0.25) is 9.59 Å². The van der Waals surface area contributed by atoms with E-state index in [0.29, 0.717) is 19.4 Å². The summed E-state index contributed by atoms with van der Waals surface area (Å²) in [5.41, 5.74) is 0. The van der Waals surface area contributed by atoms with Gasteiger partial charge in [0.05, 0.1) is 32.0 Å². The van der Waals surface area contributed by atoms with Crippen LogP contribution < -0.4 is 5.32 Å². The topological polar surface area (TPSA) is 175 Å². The molecule has 0 aromatic rings. The zero-order valence-electron chi connectivity index (χ0n) is 52.5. The number of esters is 1. The summed E-state index contributed by atoms with van der Waals surface area (Å²) in [6.07, 6.45) is 66.8. The number of carbonyl (C=O) groups is 2. The fourth-order valence-corrected chi connectivity index (χ4v) is 10.7. The van der Waals surface area contributed by atoms with Crippen LogP contribution in [0.25, 0.3) is 0 Å². The fraction of sp³-hybridized carbons (Fsp3) is 0.857. The van der Waals surface area contributed by atoms with Gasteiger partial charge in [-0.05, 0) is 89.9 Å². The SMILES string of the molecule is CCCCCC/C=C\CCCCCCCC(=O)OCCCCCCCCCCC/C=C\C/C=C\CCCCCCCCCCCCCCCCCC(=O)NC(COC1OC(CO)C(O)C(O)C1O)C(O)/C=C/CCCCCCCCC. The minimum absolute atomic E-state index is 0.00424. The number of rotatable bonds is 60. The highest BCUT2D eigenvalue weighted by Gasteiger charge is 2.44. The second-order valence-electron chi connectivity index (χ2n) is 23.9. The highest BCUT2D eigenvalue weighted by Crippen LogP contribution is 2.23. The summed E-state index contributed by atoms with van der Waals surface area (Å²) in [5.74, 6) is -0.187. The highest BCUT2D eigenvalue weighted by molar-refractivity contribution is 5.76. The van der Waals surface area contributed by atoms with Crippen LogP contribution in [0.5, 0.6) is 0 Å². The van der Waals surface area contributed by atoms with E-state index >= 15 is 0 Å². The molecule has 0 saturated carbocycles. The maximum Gasteiger partial charge on any atom is 0.305 e. The van der Waals surface area contributed by atoms with Crippen LogP contribution in [0, 0.1) is 0 Å². The van der Waals surface area contributed by atoms with Crippen molar-refractivity contribution in [2.45, 2.75) is 365 Å². The number of aliphatic hydroxyl groups is 5. The van der Waals surface area contributed by atoms with Crippen molar-refractivity contribution in [2.24, 2.45) is 0 Å². The molecule has 0 aromatic carbocycles. The molecule has 1 amide bonds. The van der Waals surface area contributed by atoms with Crippen LogP contribution in [0.4, 0.5) is 0 Å². The van der Waals surface area contributed by atoms with Gasteiger partial charge in [-0.25, -0.2) is 0 Å². The second kappa shape index (κ2) is 59.4. The molecule has 7 unspecified atom stereocenters. The van der Waals surface area contributed by atoms with Crippen molar-refractivity contribution in [1.29, 1.82) is 0 Å². The molecule has 1 aliphatic rings. The molecule has 474 valence electrons. The average molecular weight is 1140 g/mol. The van der Waals surface area contributed by atoms with Gasteiger partial charge in [0.1, 0.15) is 24.4 Å². The summed E-state index contributed by atoms with van der Waals surface area (Å²) in [5, 5.41) is 54.3. The van der Waals surface area contributed by atoms with Gasteiger partial charge in [0.25, 0.3) is 0 Å². The Kier molecular flexibility index (Phi) is 56.2. The van der Waals surface area contributed by atoms with Crippen molar-refractivity contribution < 1.29 is 49.3 Å². The predicted molar refractivity (Wildman–Crippen MR) is 338 cm³/mol. The van der Waals surface area contributed by atoms with E-state index in [2.05, 4.69) is 55.6 Å². The molecule has 11 nitrogen and oxygen atoms in total. The Morgan fingerprint density at radius 1 is 0.457 bits per heavy atom. The maximum atomic E-state index is 13.0. The number of unbranched alkanes of at least 4 members (excludes halogenated alkanes) is 40. The molecule has 81 heavy (non-hydrogen) atoms. The molecule has 0 bridgehead atoms. The normalized spacial score (nSPS) is 18.5. The lowest BCUT2D eigenvalue weighted by Gasteiger charge is -2.40. The van der Waals surface area contributed by atoms with Gasteiger partial charge in [0, 0.05) is 12.8 Å². The predicted octanol–water partition coefficient (Wildman–Crippen LogP) is 17.2. The van der Waals surface area contributed by atoms with E-state index in [-0.39, 0.29) is 18.5 Å². The minimum atomic E-state index is -1.57. The summed E-state index contributed by atoms with van der Waals surface area (Å²) in [6, 6.07) is -0.808. The Balaban J connectivity index is 1.94. The lowest BCUT2D eigenvalue weighted by atomic mass is 9.99. The Bertz CT molecular complexity index is 1480. The number of ether oxygens (including phenoxy) is 3. The van der Waals surface area contributed by atoms with E-state index in [4.69, 9.17) is 14.2 Å². The molecule has 1 rings (SSSR count). The van der Waals surface area contributed by atoms with Gasteiger partial charge >= 0.3 is 5.97 Å². The molecule has 0 radical (unpaired) electrons. The van der Waals surface area contributed by atoms with Crippen LogP contribution in [0.2, 0.25) is 0 Å². The van der Waals surface area contributed by atoms with Crippen molar-refractivity contribution in [2.75, 3.05) is 19.8 Å². The quantitative estimate of drug-likeness (QED) is 0.0195. The van der Waals surface area contributed by atoms with Gasteiger partial charge < -0.3 is 45.1 Å². The van der Waals surface area contributed by atoms with Crippen LogP contribution in [-0.2, 0) is 23.8 Å². The number of nitrogens with one attached hydrogen (secondary N) is 1. The van der Waals surface area contributed by atoms with Crippen LogP contribution in [-0.4, -0.2) is 100 Å². The first-order chi connectivity index (χ1) is 39.7. The van der Waals surface area contributed by atoms with E-state index in [0.717, 1.165) is 64.2 Å². The average Bonchev–Trinajstić information content (AvgIpc) is 3.51. The molecule has 1 fully saturated rings. The maximum absolute atomic E-state index is 13.0. The minimum Gasteiger partial charge on any atom is -0.466 e. The van der Waals surface area contributed by atoms with E-state index in [9.17, 15) is 35.1 Å². The number of aliphatic hydroxyl groups excluding tert-OH is 5. The first kappa shape index (κ1) is 76.6. The molecule has 11 heteroatoms. The van der Waals surface area contributed by atoms with Crippen LogP contribution >= 0.6 is 0 Å². The Labute approximate surface area is 497 Å². The van der Waals surface area contributed by atoms with Gasteiger partial charge in [-0.2, -0.15) is 0 Å². The largest absolute Gasteiger partial charge is 0.466 e. The first-order valence-corrected chi connectivity index (χ1v) is 34.4. The van der Waals surface area contributed by atoms with E-state index in [1.807, 2.05) is 6.08 Å². The number of allylic oxidation sites excluding steroid dienone is 7. The van der Waals surface area contributed by atoms with E-state index in [1.54, 1.807) is 6.08 Å². The van der Waals surface area contributed by atoms with Gasteiger partial charge in [-0.1, -0.05) is 268 Å². The number of carbonyl (C=O) groups excluding carboxylic acids is 2. The lowest BCUT2D eigenvalue weighted by Crippen LogP contribution is -2.60. The second-order valence-corrected chi connectivity index (χ2v) is 23.9. The zero-order chi connectivity index (χ0) is 58.7. The summed E-state index contributed by atoms with van der Waals surface area (Å²) in [6.45, 7) is 4.31. The Morgan fingerprint density at radius 3 is 1.27 bits per heavy atom. The van der Waals surface area contributed by atoms with Crippen molar-refractivity contribution in [3.63, 3.8) is 0 Å². The summed E-state index contributed by atoms with van der Waals surface area (Å²) < 4.78 is 16.7. The molecule has 7 atom stereocenters. The third kappa shape index (κ3) is 48.5. The highest BCUT2D eigenvalue weighted by atomic mass is 16.7. The molecular weight excluding hydrogens is 1010 g/mol. The standard InChI is InChI=1S/C70H129NO10/c1-3-5-7-9-11-13-14-34-38-42-46-50-54-58-66(75)79-59-55-51-47-43-39-36-33-31-29-27-25-23-21-19-17-15-16-18-20-22-24-26-28-30-32-35-37-41-45-49-53-57-65(74)71-62(63(73)56-52-48-44-40-12-10-8-6-4-2)61-80-70-69(78)68(77)67(76)64(60-72)81-70/h13-14,17,19,23,25,52,56,62-64,67-70,72-73,76-78H,3-12,15-16,18,20-22,24,26-51,53-55,57-61H2,1-2H3,(H,71,74)/b14-13-,19-17-,25-23-,56-52+. The Hall–Kier alpha value is -2.38. The molecule has 6 N–H and O–H groups in total. The molecule has 1 aliphatic heterocycles. The molecule has 0 spiro atoms. The lowest BCUT2D eigenvalue weighted by molar-refractivity contribution is -0.302. The van der Waals surface area contributed by atoms with Crippen molar-refractivity contribution in [3.8, 4) is 0 Å². The third-order valence-corrected chi connectivity index (χ3v) is 16.2. The summed E-state index contributed by atoms with van der Waals surface area (Å²) in [4.78, 5) is 25.1. The van der Waals surface area contributed by atoms with Gasteiger partial charge in [0.2, 0.25) is 5.91 Å². The van der Waals surface area contributed by atoms with Crippen molar-refractivity contribution in [1.82, 2.24) is 5.32 Å². The fourth-order valence-electron chi connectivity index (χ4n) is 10.7. The van der Waals surface area contributed by atoms with Gasteiger partial charge in [0.15, 0.2) is 6.29 Å². The molecule has 1 saturated heterocycles. The number of hydrogen-bond acceptors (Lipinski definition) is 10. The third-order valence-electron chi connectivity index (χ3n) is 16.2. The Morgan fingerprint density at radius 2 is 0.827 bits per heavy atom. The van der Waals surface area contributed by atoms with Gasteiger partial charge in [-0.15, -0.1) is 0 Å². The van der Waals surface area contributed by atoms with Crippen molar-refractivity contribution >= 4 is 11.9 Å². The molecule has 0 aromatic heterocycles. The summed E-state index contributed by atoms with van der Waals surface area (Å²) >= 11 is 0.